The quantitative estimate of drug-likeness (QED) is 0.509. The molecule has 6 rings (SSSR count). The molecule has 5 unspecified atom stereocenters. The number of hydrogen-bond donors (Lipinski definition) is 2. The average Bonchev–Trinajstić information content (AvgIpc) is 3.24. The maximum atomic E-state index is 11.8. The summed E-state index contributed by atoms with van der Waals surface area (Å²) in [5, 5.41) is 11.0. The van der Waals surface area contributed by atoms with Gasteiger partial charge in [-0.15, -0.1) is 0 Å². The van der Waals surface area contributed by atoms with Crippen molar-refractivity contribution in [3.05, 3.63) is 51.4 Å². The minimum Gasteiger partial charge on any atom is -0.370 e. The summed E-state index contributed by atoms with van der Waals surface area (Å²) in [7, 11) is -3.15. The molecule has 10 nitrogen and oxygen atoms in total. The van der Waals surface area contributed by atoms with Crippen molar-refractivity contribution in [2.75, 3.05) is 37.3 Å². The van der Waals surface area contributed by atoms with Crippen LogP contribution in [0.4, 0.5) is 5.82 Å². The fourth-order valence-corrected chi connectivity index (χ4v) is 8.61. The van der Waals surface area contributed by atoms with Gasteiger partial charge in [0.25, 0.3) is 0 Å². The van der Waals surface area contributed by atoms with Crippen molar-refractivity contribution in [3.8, 4) is 6.07 Å². The van der Waals surface area contributed by atoms with Crippen LogP contribution in [0.1, 0.15) is 55.5 Å². The first-order valence-electron chi connectivity index (χ1n) is 13.5. The van der Waals surface area contributed by atoms with Gasteiger partial charge >= 0.3 is 0 Å². The smallest absolute Gasteiger partial charge is 0.211 e. The summed E-state index contributed by atoms with van der Waals surface area (Å²) < 4.78 is 31.6. The van der Waals surface area contributed by atoms with E-state index in [0.29, 0.717) is 53.5 Å². The number of nitrogens with one attached hydrogen (secondary N) is 2. The van der Waals surface area contributed by atoms with Crippen molar-refractivity contribution >= 4 is 39.0 Å². The highest BCUT2D eigenvalue weighted by molar-refractivity contribution is 7.88. The number of hydrazine groups is 1. The highest BCUT2D eigenvalue weighted by Gasteiger charge is 2.55. The fraction of sp³-hybridized carbons (Fsp3) is 0.593. The SMILES string of the molecule is CC1CC2NNC(c3cnc(N4CC5(C4)CN(S(C)(=O)=O)C5)c(C#N)c3)C2CC1O[C@H](C)c1c(Cl)cncc1Cl. The van der Waals surface area contributed by atoms with Gasteiger partial charge < -0.3 is 9.64 Å². The summed E-state index contributed by atoms with van der Waals surface area (Å²) in [4.78, 5) is 10.9. The van der Waals surface area contributed by atoms with Crippen LogP contribution in [-0.2, 0) is 14.8 Å². The van der Waals surface area contributed by atoms with Crippen LogP contribution >= 0.6 is 23.2 Å². The Morgan fingerprint density at radius 2 is 1.85 bits per heavy atom. The summed E-state index contributed by atoms with van der Waals surface area (Å²) in [6.45, 7) is 6.65. The number of anilines is 1. The maximum absolute atomic E-state index is 11.8. The van der Waals surface area contributed by atoms with E-state index >= 15 is 0 Å². The van der Waals surface area contributed by atoms with E-state index in [0.717, 1.165) is 24.0 Å². The number of pyridine rings is 2. The molecule has 4 fully saturated rings. The molecular weight excluding hydrogens is 573 g/mol. The monoisotopic (exact) mass is 605 g/mol. The Hall–Kier alpha value is -2.04. The van der Waals surface area contributed by atoms with Gasteiger partial charge in [-0.1, -0.05) is 30.1 Å². The molecule has 1 spiro atoms. The second kappa shape index (κ2) is 10.3. The predicted molar refractivity (Wildman–Crippen MR) is 152 cm³/mol. The Kier molecular flexibility index (Phi) is 7.27. The fourth-order valence-electron chi connectivity index (χ4n) is 6.92. The van der Waals surface area contributed by atoms with Gasteiger partial charge in [0, 0.05) is 61.8 Å². The van der Waals surface area contributed by atoms with Gasteiger partial charge in [-0.2, -0.15) is 5.26 Å². The van der Waals surface area contributed by atoms with Gasteiger partial charge in [0.15, 0.2) is 0 Å². The Labute approximate surface area is 245 Å². The molecule has 0 radical (unpaired) electrons. The maximum Gasteiger partial charge on any atom is 0.211 e. The molecule has 1 aliphatic carbocycles. The van der Waals surface area contributed by atoms with Crippen molar-refractivity contribution in [3.63, 3.8) is 0 Å². The van der Waals surface area contributed by atoms with Crippen LogP contribution in [-0.4, -0.2) is 67.3 Å². The van der Waals surface area contributed by atoms with E-state index in [1.165, 1.54) is 10.6 Å². The van der Waals surface area contributed by atoms with E-state index in [1.807, 2.05) is 19.2 Å². The Morgan fingerprint density at radius 1 is 1.15 bits per heavy atom. The van der Waals surface area contributed by atoms with Gasteiger partial charge in [0.2, 0.25) is 10.0 Å². The van der Waals surface area contributed by atoms with Gasteiger partial charge in [-0.25, -0.2) is 23.1 Å². The van der Waals surface area contributed by atoms with E-state index in [-0.39, 0.29) is 35.6 Å². The van der Waals surface area contributed by atoms with E-state index in [4.69, 9.17) is 32.9 Å². The summed E-state index contributed by atoms with van der Waals surface area (Å²) in [5.41, 5.74) is 9.14. The summed E-state index contributed by atoms with van der Waals surface area (Å²) in [6.07, 6.45) is 7.78. The van der Waals surface area contributed by atoms with Crippen molar-refractivity contribution < 1.29 is 13.2 Å². The lowest BCUT2D eigenvalue weighted by Crippen LogP contribution is -2.73. The van der Waals surface area contributed by atoms with E-state index < -0.39 is 10.0 Å². The number of aromatic nitrogens is 2. The molecule has 0 amide bonds. The van der Waals surface area contributed by atoms with Gasteiger partial charge in [0.1, 0.15) is 11.9 Å². The highest BCUT2D eigenvalue weighted by Crippen LogP contribution is 2.45. The Morgan fingerprint density at radius 3 is 2.50 bits per heavy atom. The molecular formula is C27H33Cl2N7O3S. The molecule has 6 atom stereocenters. The minimum absolute atomic E-state index is 0.00896. The Balaban J connectivity index is 1.14. The molecule has 13 heteroatoms. The van der Waals surface area contributed by atoms with Crippen LogP contribution in [0, 0.1) is 28.6 Å². The number of fused-ring (bicyclic) bond motifs is 1. The number of sulfonamides is 1. The average molecular weight is 607 g/mol. The number of nitriles is 1. The zero-order valence-electron chi connectivity index (χ0n) is 22.6. The lowest BCUT2D eigenvalue weighted by Gasteiger charge is -2.59. The minimum atomic E-state index is -3.15. The number of rotatable bonds is 6. The van der Waals surface area contributed by atoms with Crippen LogP contribution in [0.3, 0.4) is 0 Å². The molecule has 4 aliphatic rings. The normalized spacial score (nSPS) is 30.3. The molecule has 214 valence electrons. The zero-order valence-corrected chi connectivity index (χ0v) is 25.0. The third kappa shape index (κ3) is 4.98. The molecule has 0 bridgehead atoms. The van der Waals surface area contributed by atoms with Crippen LogP contribution in [0.15, 0.2) is 24.7 Å². The Bertz CT molecular complexity index is 1430. The van der Waals surface area contributed by atoms with Crippen molar-refractivity contribution in [2.45, 2.75) is 51.0 Å². The van der Waals surface area contributed by atoms with Crippen LogP contribution < -0.4 is 15.8 Å². The standard InChI is InChI=1S/C27H33Cl2N7O3S/c1-15-4-22-19(6-23(15)39-16(2)24-20(28)9-31-10-21(24)29)25(34-33-22)18-5-17(7-30)26(32-8-18)35-11-27(12-35)13-36(14-27)40(3,37)38/h5,8-10,15-16,19,22-23,25,33-34H,4,6,11-14H2,1-3H3/t15?,16-,19?,22?,23?,25?/m1/s1. The largest absolute Gasteiger partial charge is 0.370 e. The van der Waals surface area contributed by atoms with Crippen molar-refractivity contribution in [1.29, 1.82) is 5.26 Å². The molecule has 40 heavy (non-hydrogen) atoms. The number of ether oxygens (including phenoxy) is 1. The second-order valence-electron chi connectivity index (χ2n) is 12.0. The van der Waals surface area contributed by atoms with Crippen molar-refractivity contribution in [1.82, 2.24) is 25.1 Å². The molecule has 2 N–H and O–H groups in total. The van der Waals surface area contributed by atoms with Crippen LogP contribution in [0.5, 0.6) is 0 Å². The van der Waals surface area contributed by atoms with E-state index in [1.54, 1.807) is 12.4 Å². The second-order valence-corrected chi connectivity index (χ2v) is 14.8. The van der Waals surface area contributed by atoms with E-state index in [2.05, 4.69) is 33.7 Å². The topological polar surface area (TPSA) is 123 Å². The lowest BCUT2D eigenvalue weighted by atomic mass is 9.73. The third-order valence-corrected chi connectivity index (χ3v) is 10.8. The highest BCUT2D eigenvalue weighted by atomic mass is 35.5. The third-order valence-electron chi connectivity index (χ3n) is 9.02. The first-order chi connectivity index (χ1) is 19.0. The summed E-state index contributed by atoms with van der Waals surface area (Å²) >= 11 is 12.8. The molecule has 1 saturated carbocycles. The first kappa shape index (κ1) is 28.1. The summed E-state index contributed by atoms with van der Waals surface area (Å²) in [6, 6.07) is 4.53. The van der Waals surface area contributed by atoms with Crippen LogP contribution in [0.25, 0.3) is 0 Å². The molecule has 3 aliphatic heterocycles. The number of halogens is 2. The zero-order chi connectivity index (χ0) is 28.4. The number of nitrogens with zero attached hydrogens (tertiary/aromatic N) is 5. The van der Waals surface area contributed by atoms with Gasteiger partial charge in [-0.05, 0) is 43.2 Å². The molecule has 0 aromatic carbocycles. The lowest BCUT2D eigenvalue weighted by molar-refractivity contribution is -0.0650. The van der Waals surface area contributed by atoms with Crippen LogP contribution in [0.2, 0.25) is 10.0 Å². The molecule has 3 saturated heterocycles. The first-order valence-corrected chi connectivity index (χ1v) is 16.1. The van der Waals surface area contributed by atoms with Crippen molar-refractivity contribution in [2.24, 2.45) is 17.3 Å². The number of hydrogen-bond acceptors (Lipinski definition) is 9. The molecule has 2 aromatic heterocycles. The van der Waals surface area contributed by atoms with Gasteiger partial charge in [0.05, 0.1) is 40.1 Å². The van der Waals surface area contributed by atoms with Gasteiger partial charge in [-0.3, -0.25) is 10.4 Å². The van der Waals surface area contributed by atoms with E-state index in [9.17, 15) is 13.7 Å². The molecule has 5 heterocycles. The molecule has 2 aromatic rings. The summed E-state index contributed by atoms with van der Waals surface area (Å²) in [5.74, 6) is 1.24. The predicted octanol–water partition coefficient (Wildman–Crippen LogP) is 3.45.